The molecule has 18 heavy (non-hydrogen) atoms. The van der Waals surface area contributed by atoms with Gasteiger partial charge in [-0.1, -0.05) is 64.7 Å². The number of carbonyl (C=O) groups excluding carboxylic acids is 1. The molecule has 0 saturated carbocycles. The lowest BCUT2D eigenvalue weighted by Crippen LogP contribution is -2.06. The van der Waals surface area contributed by atoms with Gasteiger partial charge >= 0.3 is 5.97 Å². The van der Waals surface area contributed by atoms with Gasteiger partial charge in [-0.05, 0) is 18.8 Å². The summed E-state index contributed by atoms with van der Waals surface area (Å²) >= 11 is 0. The molecule has 0 aromatic heterocycles. The maximum Gasteiger partial charge on any atom is 0.305 e. The van der Waals surface area contributed by atoms with E-state index in [1.54, 1.807) is 0 Å². The van der Waals surface area contributed by atoms with E-state index in [0.29, 0.717) is 13.0 Å². The van der Waals surface area contributed by atoms with E-state index in [1.807, 2.05) is 0 Å². The van der Waals surface area contributed by atoms with Crippen molar-refractivity contribution >= 4 is 5.97 Å². The number of esters is 1. The second-order valence-corrected chi connectivity index (χ2v) is 5.83. The average molecular weight is 254 g/mol. The Bertz CT molecular complexity index is 193. The molecule has 0 aliphatic carbocycles. The zero-order valence-corrected chi connectivity index (χ0v) is 12.1. The van der Waals surface area contributed by atoms with E-state index in [0.717, 1.165) is 18.8 Å². The van der Waals surface area contributed by atoms with Gasteiger partial charge in [-0.15, -0.1) is 0 Å². The van der Waals surface area contributed by atoms with Crippen molar-refractivity contribution in [2.24, 2.45) is 5.92 Å². The van der Waals surface area contributed by atoms with E-state index >= 15 is 0 Å². The first-order valence-electron chi connectivity index (χ1n) is 7.94. The Morgan fingerprint density at radius 1 is 0.833 bits per heavy atom. The normalized spacial score (nSPS) is 26.5. The summed E-state index contributed by atoms with van der Waals surface area (Å²) in [6.07, 6.45) is 14.4. The summed E-state index contributed by atoms with van der Waals surface area (Å²) in [5.74, 6) is 0.909. The van der Waals surface area contributed by atoms with Gasteiger partial charge in [0.25, 0.3) is 0 Å². The van der Waals surface area contributed by atoms with E-state index < -0.39 is 0 Å². The molecule has 0 radical (unpaired) electrons. The Kier molecular flexibility index (Phi) is 8.97. The number of carbonyl (C=O) groups is 1. The van der Waals surface area contributed by atoms with Crippen molar-refractivity contribution in [2.75, 3.05) is 6.61 Å². The molecule has 1 unspecified atom stereocenters. The summed E-state index contributed by atoms with van der Waals surface area (Å²) in [4.78, 5) is 11.4. The van der Waals surface area contributed by atoms with Gasteiger partial charge in [-0.2, -0.15) is 0 Å². The highest BCUT2D eigenvalue weighted by Crippen LogP contribution is 2.18. The predicted octanol–water partition coefficient (Wildman–Crippen LogP) is 4.86. The molecular formula is C16H30O2. The Morgan fingerprint density at radius 3 is 2.11 bits per heavy atom. The molecule has 2 nitrogen and oxygen atoms in total. The summed E-state index contributed by atoms with van der Waals surface area (Å²) in [6.45, 7) is 3.03. The third-order valence-corrected chi connectivity index (χ3v) is 3.93. The molecule has 1 aliphatic rings. The Morgan fingerprint density at radius 2 is 1.39 bits per heavy atom. The van der Waals surface area contributed by atoms with Crippen molar-refractivity contribution in [3.05, 3.63) is 0 Å². The lowest BCUT2D eigenvalue weighted by atomic mass is 9.96. The lowest BCUT2D eigenvalue weighted by Gasteiger charge is -2.11. The summed E-state index contributed by atoms with van der Waals surface area (Å²) in [5.41, 5.74) is 0. The van der Waals surface area contributed by atoms with E-state index in [9.17, 15) is 4.79 Å². The van der Waals surface area contributed by atoms with Crippen molar-refractivity contribution in [2.45, 2.75) is 84.0 Å². The first kappa shape index (κ1) is 15.5. The summed E-state index contributed by atoms with van der Waals surface area (Å²) in [7, 11) is 0. The summed E-state index contributed by atoms with van der Waals surface area (Å²) in [6, 6.07) is 0. The molecule has 1 atom stereocenters. The topological polar surface area (TPSA) is 26.3 Å². The maximum absolute atomic E-state index is 11.4. The van der Waals surface area contributed by atoms with Gasteiger partial charge in [0.2, 0.25) is 0 Å². The van der Waals surface area contributed by atoms with Gasteiger partial charge in [0.1, 0.15) is 0 Å². The molecule has 0 aromatic rings. The van der Waals surface area contributed by atoms with Crippen LogP contribution in [0.5, 0.6) is 0 Å². The highest BCUT2D eigenvalue weighted by molar-refractivity contribution is 5.69. The van der Waals surface area contributed by atoms with E-state index in [1.165, 1.54) is 57.8 Å². The molecule has 1 rings (SSSR count). The van der Waals surface area contributed by atoms with Crippen LogP contribution < -0.4 is 0 Å². The zero-order chi connectivity index (χ0) is 13.1. The molecule has 0 bridgehead atoms. The van der Waals surface area contributed by atoms with Gasteiger partial charge in [-0.3, -0.25) is 4.79 Å². The van der Waals surface area contributed by atoms with Crippen molar-refractivity contribution < 1.29 is 9.53 Å². The van der Waals surface area contributed by atoms with Gasteiger partial charge in [-0.25, -0.2) is 0 Å². The van der Waals surface area contributed by atoms with Crippen LogP contribution in [-0.4, -0.2) is 12.6 Å². The fourth-order valence-electron chi connectivity index (χ4n) is 2.64. The highest BCUT2D eigenvalue weighted by atomic mass is 16.5. The average Bonchev–Trinajstić information content (AvgIpc) is 2.35. The first-order valence-corrected chi connectivity index (χ1v) is 7.94. The quantitative estimate of drug-likeness (QED) is 0.577. The minimum atomic E-state index is 0.00992. The van der Waals surface area contributed by atoms with Crippen LogP contribution in [0.25, 0.3) is 0 Å². The summed E-state index contributed by atoms with van der Waals surface area (Å²) < 4.78 is 5.22. The first-order chi connectivity index (χ1) is 8.79. The van der Waals surface area contributed by atoms with Crippen molar-refractivity contribution in [3.8, 4) is 0 Å². The van der Waals surface area contributed by atoms with Crippen molar-refractivity contribution in [1.29, 1.82) is 0 Å². The molecule has 0 aromatic carbocycles. The van der Waals surface area contributed by atoms with Crippen LogP contribution in [0, 0.1) is 5.92 Å². The van der Waals surface area contributed by atoms with Crippen LogP contribution in [0.1, 0.15) is 84.0 Å². The van der Waals surface area contributed by atoms with Crippen LogP contribution in [0.3, 0.4) is 0 Å². The molecule has 106 valence electrons. The third-order valence-electron chi connectivity index (χ3n) is 3.93. The van der Waals surface area contributed by atoms with Crippen molar-refractivity contribution in [3.63, 3.8) is 0 Å². The fraction of sp³-hybridized carbons (Fsp3) is 0.938. The second-order valence-electron chi connectivity index (χ2n) is 5.83. The fourth-order valence-corrected chi connectivity index (χ4v) is 2.64. The van der Waals surface area contributed by atoms with Gasteiger partial charge < -0.3 is 4.74 Å². The van der Waals surface area contributed by atoms with Crippen LogP contribution in [0.2, 0.25) is 0 Å². The van der Waals surface area contributed by atoms with Crippen LogP contribution >= 0.6 is 0 Å². The van der Waals surface area contributed by atoms with Gasteiger partial charge in [0.15, 0.2) is 0 Å². The van der Waals surface area contributed by atoms with Gasteiger partial charge in [0, 0.05) is 6.42 Å². The molecular weight excluding hydrogens is 224 g/mol. The molecule has 1 saturated heterocycles. The summed E-state index contributed by atoms with van der Waals surface area (Å²) in [5, 5.41) is 0. The number of hydrogen-bond acceptors (Lipinski definition) is 2. The molecule has 1 aliphatic heterocycles. The molecule has 0 amide bonds. The SMILES string of the molecule is CC1CCCCCCCC(=O)OCCCCCC1. The van der Waals surface area contributed by atoms with E-state index in [2.05, 4.69) is 6.92 Å². The molecule has 0 spiro atoms. The Labute approximate surface area is 112 Å². The van der Waals surface area contributed by atoms with Crippen molar-refractivity contribution in [1.82, 2.24) is 0 Å². The maximum atomic E-state index is 11.4. The minimum Gasteiger partial charge on any atom is -0.466 e. The second kappa shape index (κ2) is 10.4. The number of hydrogen-bond donors (Lipinski definition) is 0. The van der Waals surface area contributed by atoms with Crippen LogP contribution in [-0.2, 0) is 9.53 Å². The predicted molar refractivity (Wildman–Crippen MR) is 75.5 cm³/mol. The lowest BCUT2D eigenvalue weighted by molar-refractivity contribution is -0.143. The van der Waals surface area contributed by atoms with Crippen LogP contribution in [0.4, 0.5) is 0 Å². The molecule has 1 fully saturated rings. The monoisotopic (exact) mass is 254 g/mol. The van der Waals surface area contributed by atoms with E-state index in [4.69, 9.17) is 4.74 Å². The number of cyclic esters (lactones) is 1. The van der Waals surface area contributed by atoms with E-state index in [-0.39, 0.29) is 5.97 Å². The highest BCUT2D eigenvalue weighted by Gasteiger charge is 2.05. The molecule has 0 N–H and O–H groups in total. The van der Waals surface area contributed by atoms with Crippen LogP contribution in [0.15, 0.2) is 0 Å². The third kappa shape index (κ3) is 8.54. The molecule has 2 heteroatoms. The minimum absolute atomic E-state index is 0.00992. The van der Waals surface area contributed by atoms with Gasteiger partial charge in [0.05, 0.1) is 6.61 Å². The Hall–Kier alpha value is -0.530. The zero-order valence-electron chi connectivity index (χ0n) is 12.1. The standard InChI is InChI=1S/C16H30O2/c1-15-11-7-3-2-4-9-13-16(17)18-14-10-6-5-8-12-15/h15H,2-14H2,1H3. The number of rotatable bonds is 0. The Balaban J connectivity index is 2.19. The molecule has 1 heterocycles. The smallest absolute Gasteiger partial charge is 0.305 e. The number of ether oxygens (including phenoxy) is 1. The largest absolute Gasteiger partial charge is 0.466 e.